The van der Waals surface area contributed by atoms with E-state index in [1.807, 2.05) is 24.3 Å². The third-order valence-electron chi connectivity index (χ3n) is 9.64. The molecule has 0 atom stereocenters. The molecule has 3 aromatic rings. The molecular formula is C38H50F2O. The van der Waals surface area contributed by atoms with Crippen LogP contribution in [0.25, 0.3) is 22.3 Å². The van der Waals surface area contributed by atoms with E-state index < -0.39 is 0 Å². The van der Waals surface area contributed by atoms with Crippen molar-refractivity contribution in [3.05, 3.63) is 76.4 Å². The normalized spacial score (nSPS) is 17.3. The number of aryl methyl sites for hydroxylation is 1. The van der Waals surface area contributed by atoms with Gasteiger partial charge in [-0.15, -0.1) is 0 Å². The van der Waals surface area contributed by atoms with Crippen molar-refractivity contribution in [3.8, 4) is 28.0 Å². The molecule has 4 rings (SSSR count). The number of rotatable bonds is 12. The molecule has 0 heterocycles. The first-order valence-electron chi connectivity index (χ1n) is 16.2. The summed E-state index contributed by atoms with van der Waals surface area (Å²) < 4.78 is 37.7. The highest BCUT2D eigenvalue weighted by molar-refractivity contribution is 5.76. The summed E-state index contributed by atoms with van der Waals surface area (Å²) in [7, 11) is 0. The van der Waals surface area contributed by atoms with Crippen LogP contribution in [0, 0.1) is 23.5 Å². The molecule has 222 valence electrons. The van der Waals surface area contributed by atoms with Gasteiger partial charge in [0.15, 0.2) is 0 Å². The summed E-state index contributed by atoms with van der Waals surface area (Å²) in [6, 6.07) is 12.9. The highest BCUT2D eigenvalue weighted by atomic mass is 19.1. The van der Waals surface area contributed by atoms with Crippen molar-refractivity contribution in [1.29, 1.82) is 0 Å². The minimum absolute atomic E-state index is 0.265. The fourth-order valence-electron chi connectivity index (χ4n) is 6.82. The van der Waals surface area contributed by atoms with Gasteiger partial charge in [-0.25, -0.2) is 8.78 Å². The predicted molar refractivity (Wildman–Crippen MR) is 170 cm³/mol. The third-order valence-corrected chi connectivity index (χ3v) is 9.64. The Kier molecular flexibility index (Phi) is 11.0. The van der Waals surface area contributed by atoms with E-state index in [-0.39, 0.29) is 11.6 Å². The van der Waals surface area contributed by atoms with Gasteiger partial charge in [-0.1, -0.05) is 91.5 Å². The number of hydrogen-bond donors (Lipinski definition) is 0. The minimum Gasteiger partial charge on any atom is -0.493 e. The fourth-order valence-corrected chi connectivity index (χ4v) is 6.82. The molecule has 41 heavy (non-hydrogen) atoms. The number of benzene rings is 3. The molecule has 1 aliphatic carbocycles. The maximum absolute atomic E-state index is 15.9. The average Bonchev–Trinajstić information content (AvgIpc) is 2.99. The third kappa shape index (κ3) is 7.04. The largest absolute Gasteiger partial charge is 0.493 e. The van der Waals surface area contributed by atoms with Crippen LogP contribution < -0.4 is 4.74 Å². The second kappa shape index (κ2) is 14.5. The van der Waals surface area contributed by atoms with Gasteiger partial charge in [-0.3, -0.25) is 0 Å². The van der Waals surface area contributed by atoms with Gasteiger partial charge >= 0.3 is 0 Å². The summed E-state index contributed by atoms with van der Waals surface area (Å²) in [5.74, 6) is 2.28. The Morgan fingerprint density at radius 3 is 1.98 bits per heavy atom. The van der Waals surface area contributed by atoms with Crippen molar-refractivity contribution in [1.82, 2.24) is 0 Å². The van der Waals surface area contributed by atoms with E-state index in [9.17, 15) is 0 Å². The molecule has 0 saturated heterocycles. The Hall–Kier alpha value is -2.68. The Bertz CT molecular complexity index is 1300. The van der Waals surface area contributed by atoms with E-state index in [1.165, 1.54) is 37.3 Å². The highest BCUT2D eigenvalue weighted by Gasteiger charge is 2.22. The van der Waals surface area contributed by atoms with E-state index >= 15 is 8.78 Å². The van der Waals surface area contributed by atoms with E-state index in [2.05, 4.69) is 47.6 Å². The molecule has 3 heteroatoms. The Labute approximate surface area is 247 Å². The van der Waals surface area contributed by atoms with E-state index in [0.29, 0.717) is 35.1 Å². The van der Waals surface area contributed by atoms with Gasteiger partial charge in [0, 0.05) is 11.1 Å². The average molecular weight is 561 g/mol. The summed E-state index contributed by atoms with van der Waals surface area (Å²) in [5, 5.41) is 0. The first-order chi connectivity index (χ1) is 19.8. The molecule has 1 saturated carbocycles. The predicted octanol–water partition coefficient (Wildman–Crippen LogP) is 11.5. The molecule has 0 amide bonds. The van der Waals surface area contributed by atoms with Crippen LogP contribution in [-0.2, 0) is 19.3 Å². The van der Waals surface area contributed by atoms with Gasteiger partial charge in [0.05, 0.1) is 6.61 Å². The molecule has 3 aromatic carbocycles. The fraction of sp³-hybridized carbons (Fsp3) is 0.526. The molecule has 0 aromatic heterocycles. The maximum Gasteiger partial charge on any atom is 0.131 e. The van der Waals surface area contributed by atoms with Crippen molar-refractivity contribution < 1.29 is 13.5 Å². The molecule has 0 aliphatic heterocycles. The molecule has 0 bridgehead atoms. The summed E-state index contributed by atoms with van der Waals surface area (Å²) in [4.78, 5) is 0. The Balaban J connectivity index is 1.65. The molecule has 0 radical (unpaired) electrons. The lowest BCUT2D eigenvalue weighted by atomic mass is 9.79. The quantitative estimate of drug-likeness (QED) is 0.214. The van der Waals surface area contributed by atoms with E-state index in [0.717, 1.165) is 72.4 Å². The zero-order valence-corrected chi connectivity index (χ0v) is 26.2. The van der Waals surface area contributed by atoms with Crippen LogP contribution in [0.3, 0.4) is 0 Å². The van der Waals surface area contributed by atoms with Crippen LogP contribution >= 0.6 is 0 Å². The minimum atomic E-state index is -0.312. The SMILES string of the molecule is CCc1cc(-c2ccc(-c3ccc(C4CCC(C)CC4)cc3F)cc2F)c(CC)c(CC)c1OCCC(CC)CC. The summed E-state index contributed by atoms with van der Waals surface area (Å²) in [5.41, 5.74) is 7.08. The van der Waals surface area contributed by atoms with E-state index in [4.69, 9.17) is 4.74 Å². The van der Waals surface area contributed by atoms with Gasteiger partial charge in [0.1, 0.15) is 17.4 Å². The topological polar surface area (TPSA) is 9.23 Å². The molecule has 0 unspecified atom stereocenters. The van der Waals surface area contributed by atoms with Gasteiger partial charge in [0.25, 0.3) is 0 Å². The summed E-state index contributed by atoms with van der Waals surface area (Å²) >= 11 is 0. The van der Waals surface area contributed by atoms with Gasteiger partial charge in [0.2, 0.25) is 0 Å². The lowest BCUT2D eigenvalue weighted by Crippen LogP contribution is -2.11. The summed E-state index contributed by atoms with van der Waals surface area (Å²) in [6.07, 6.45) is 10.5. The zero-order valence-electron chi connectivity index (χ0n) is 26.2. The Morgan fingerprint density at radius 1 is 0.732 bits per heavy atom. The smallest absolute Gasteiger partial charge is 0.131 e. The van der Waals surface area contributed by atoms with Crippen LogP contribution in [0.4, 0.5) is 8.78 Å². The number of ether oxygens (including phenoxy) is 1. The first kappa shape index (κ1) is 31.3. The molecule has 1 aliphatic rings. The van der Waals surface area contributed by atoms with Crippen molar-refractivity contribution in [2.24, 2.45) is 11.8 Å². The van der Waals surface area contributed by atoms with Crippen molar-refractivity contribution in [2.75, 3.05) is 6.61 Å². The van der Waals surface area contributed by atoms with Gasteiger partial charge < -0.3 is 4.74 Å². The molecular weight excluding hydrogens is 510 g/mol. The molecule has 0 N–H and O–H groups in total. The highest BCUT2D eigenvalue weighted by Crippen LogP contribution is 2.40. The van der Waals surface area contributed by atoms with Crippen LogP contribution in [-0.4, -0.2) is 6.61 Å². The lowest BCUT2D eigenvalue weighted by Gasteiger charge is -2.26. The monoisotopic (exact) mass is 560 g/mol. The number of halogens is 2. The van der Waals surface area contributed by atoms with Crippen LogP contribution in [0.15, 0.2) is 42.5 Å². The lowest BCUT2D eigenvalue weighted by molar-refractivity contribution is 0.267. The van der Waals surface area contributed by atoms with Crippen LogP contribution in [0.5, 0.6) is 5.75 Å². The van der Waals surface area contributed by atoms with Crippen molar-refractivity contribution in [2.45, 2.75) is 112 Å². The van der Waals surface area contributed by atoms with Gasteiger partial charge in [-0.05, 0) is 108 Å². The van der Waals surface area contributed by atoms with Crippen LogP contribution in [0.1, 0.15) is 115 Å². The second-order valence-corrected chi connectivity index (χ2v) is 12.1. The number of hydrogen-bond acceptors (Lipinski definition) is 1. The standard InChI is InChI=1S/C38H50F2O/c1-7-26(8-2)20-21-41-38-27(9-3)22-35(31(10-4)32(38)11-5)34-19-17-30(24-37(34)40)33-18-16-29(23-36(33)39)28-14-12-25(6)13-15-28/h16-19,22-26,28H,7-15,20-21H2,1-6H3. The molecule has 1 fully saturated rings. The second-order valence-electron chi connectivity index (χ2n) is 12.1. The Morgan fingerprint density at radius 2 is 1.39 bits per heavy atom. The summed E-state index contributed by atoms with van der Waals surface area (Å²) in [6.45, 7) is 13.9. The molecule has 1 nitrogen and oxygen atoms in total. The van der Waals surface area contributed by atoms with Gasteiger partial charge in [-0.2, -0.15) is 0 Å². The maximum atomic E-state index is 15.9. The first-order valence-corrected chi connectivity index (χ1v) is 16.2. The zero-order chi connectivity index (χ0) is 29.5. The van der Waals surface area contributed by atoms with E-state index in [1.54, 1.807) is 6.07 Å². The molecule has 0 spiro atoms. The van der Waals surface area contributed by atoms with Crippen molar-refractivity contribution in [3.63, 3.8) is 0 Å². The van der Waals surface area contributed by atoms with Crippen LogP contribution in [0.2, 0.25) is 0 Å². The van der Waals surface area contributed by atoms with Crippen molar-refractivity contribution >= 4 is 0 Å².